The van der Waals surface area contributed by atoms with Crippen LogP contribution in [0.25, 0.3) is 11.1 Å². The standard InChI is InChI=1S/C17H14FN3O2/c1-9-14-15(16(22)19-13-7-3-2-6-11(13)18)10-5-4-8-12(10)20-17(14)23-21-9/h2-3,6-7H,4-5,8H2,1H3,(H,19,22). The first-order valence-corrected chi connectivity index (χ1v) is 7.49. The lowest BCUT2D eigenvalue weighted by atomic mass is 10.0. The lowest BCUT2D eigenvalue weighted by Gasteiger charge is -2.11. The van der Waals surface area contributed by atoms with Crippen LogP contribution in [0.1, 0.15) is 33.7 Å². The van der Waals surface area contributed by atoms with Crippen molar-refractivity contribution in [1.82, 2.24) is 10.1 Å². The highest BCUT2D eigenvalue weighted by Gasteiger charge is 2.27. The first-order valence-electron chi connectivity index (χ1n) is 7.49. The summed E-state index contributed by atoms with van der Waals surface area (Å²) in [7, 11) is 0. The van der Waals surface area contributed by atoms with Crippen LogP contribution in [0.15, 0.2) is 28.8 Å². The Morgan fingerprint density at radius 3 is 2.96 bits per heavy atom. The number of nitrogens with zero attached hydrogens (tertiary/aromatic N) is 2. The number of nitrogens with one attached hydrogen (secondary N) is 1. The van der Waals surface area contributed by atoms with Crippen molar-refractivity contribution in [2.75, 3.05) is 5.32 Å². The predicted octanol–water partition coefficient (Wildman–Crippen LogP) is 3.41. The highest BCUT2D eigenvalue weighted by atomic mass is 19.1. The first-order chi connectivity index (χ1) is 11.1. The second-order valence-corrected chi connectivity index (χ2v) is 5.65. The molecule has 0 bridgehead atoms. The average Bonchev–Trinajstić information content (AvgIpc) is 3.14. The number of carbonyl (C=O) groups excluding carboxylic acids is 1. The zero-order chi connectivity index (χ0) is 16.0. The Kier molecular flexibility index (Phi) is 3.11. The summed E-state index contributed by atoms with van der Waals surface area (Å²) in [5.41, 5.74) is 3.42. The molecule has 1 N–H and O–H groups in total. The van der Waals surface area contributed by atoms with E-state index >= 15 is 0 Å². The molecule has 23 heavy (non-hydrogen) atoms. The van der Waals surface area contributed by atoms with Crippen LogP contribution < -0.4 is 5.32 Å². The minimum Gasteiger partial charge on any atom is -0.336 e. The van der Waals surface area contributed by atoms with Crippen LogP contribution in [0.2, 0.25) is 0 Å². The van der Waals surface area contributed by atoms with Crippen LogP contribution in [0.5, 0.6) is 0 Å². The molecule has 1 aliphatic rings. The smallest absolute Gasteiger partial charge is 0.259 e. The van der Waals surface area contributed by atoms with Crippen molar-refractivity contribution in [3.63, 3.8) is 0 Å². The van der Waals surface area contributed by atoms with Crippen molar-refractivity contribution in [2.45, 2.75) is 26.2 Å². The van der Waals surface area contributed by atoms with Crippen molar-refractivity contribution >= 4 is 22.7 Å². The maximum Gasteiger partial charge on any atom is 0.259 e. The van der Waals surface area contributed by atoms with Gasteiger partial charge in [-0.15, -0.1) is 0 Å². The van der Waals surface area contributed by atoms with Gasteiger partial charge >= 0.3 is 0 Å². The van der Waals surface area contributed by atoms with Crippen molar-refractivity contribution in [3.05, 3.63) is 52.6 Å². The lowest BCUT2D eigenvalue weighted by Crippen LogP contribution is -2.16. The second kappa shape index (κ2) is 5.15. The molecular formula is C17H14FN3O2. The van der Waals surface area contributed by atoms with Gasteiger partial charge in [0.25, 0.3) is 11.6 Å². The van der Waals surface area contributed by atoms with Crippen molar-refractivity contribution in [1.29, 1.82) is 0 Å². The SMILES string of the molecule is Cc1noc2nc3c(c(C(=O)Nc4ccccc4F)c12)CCC3. The number of hydrogen-bond acceptors (Lipinski definition) is 4. The first kappa shape index (κ1) is 13.9. The predicted molar refractivity (Wildman–Crippen MR) is 82.9 cm³/mol. The molecule has 0 saturated carbocycles. The van der Waals surface area contributed by atoms with Crippen LogP contribution in [0.4, 0.5) is 10.1 Å². The van der Waals surface area contributed by atoms with Gasteiger partial charge < -0.3 is 9.84 Å². The number of aryl methyl sites for hydroxylation is 2. The van der Waals surface area contributed by atoms with E-state index in [2.05, 4.69) is 15.5 Å². The van der Waals surface area contributed by atoms with Crippen LogP contribution in [-0.2, 0) is 12.8 Å². The van der Waals surface area contributed by atoms with Crippen LogP contribution >= 0.6 is 0 Å². The third-order valence-electron chi connectivity index (χ3n) is 4.17. The Hall–Kier alpha value is -2.76. The molecule has 0 spiro atoms. The third kappa shape index (κ3) is 2.18. The quantitative estimate of drug-likeness (QED) is 0.787. The van der Waals surface area contributed by atoms with Gasteiger partial charge in [0.1, 0.15) is 5.82 Å². The minimum atomic E-state index is -0.468. The molecule has 0 unspecified atom stereocenters. The molecule has 0 fully saturated rings. The highest BCUT2D eigenvalue weighted by molar-refractivity contribution is 6.13. The monoisotopic (exact) mass is 311 g/mol. The largest absolute Gasteiger partial charge is 0.336 e. The number of rotatable bonds is 2. The van der Waals surface area contributed by atoms with Crippen molar-refractivity contribution in [2.24, 2.45) is 0 Å². The number of pyridine rings is 1. The van der Waals surface area contributed by atoms with Gasteiger partial charge in [0.15, 0.2) is 0 Å². The number of halogens is 1. The molecule has 0 saturated heterocycles. The Morgan fingerprint density at radius 2 is 2.13 bits per heavy atom. The van der Waals surface area contributed by atoms with Gasteiger partial charge in [-0.05, 0) is 43.9 Å². The fourth-order valence-corrected chi connectivity index (χ4v) is 3.11. The molecule has 2 aromatic heterocycles. The normalized spacial score (nSPS) is 13.3. The fraction of sp³-hybridized carbons (Fsp3) is 0.235. The zero-order valence-corrected chi connectivity index (χ0v) is 12.5. The van der Waals surface area contributed by atoms with E-state index in [1.165, 1.54) is 12.1 Å². The van der Waals surface area contributed by atoms with E-state index < -0.39 is 5.82 Å². The Morgan fingerprint density at radius 1 is 1.30 bits per heavy atom. The summed E-state index contributed by atoms with van der Waals surface area (Å²) in [6.45, 7) is 1.77. The Bertz CT molecular complexity index is 933. The van der Waals surface area contributed by atoms with Crippen molar-refractivity contribution < 1.29 is 13.7 Å². The van der Waals surface area contributed by atoms with E-state index in [1.807, 2.05) is 0 Å². The number of fused-ring (bicyclic) bond motifs is 2. The molecule has 3 aromatic rings. The van der Waals surface area contributed by atoms with E-state index in [0.29, 0.717) is 22.4 Å². The number of anilines is 1. The van der Waals surface area contributed by atoms with Crippen LogP contribution in [-0.4, -0.2) is 16.0 Å². The molecule has 116 valence electrons. The maximum absolute atomic E-state index is 13.8. The molecule has 1 aliphatic carbocycles. The van der Waals surface area contributed by atoms with Gasteiger partial charge in [-0.3, -0.25) is 4.79 Å². The minimum absolute atomic E-state index is 0.156. The van der Waals surface area contributed by atoms with Crippen molar-refractivity contribution in [3.8, 4) is 0 Å². The Labute approximate surface area is 131 Å². The van der Waals surface area contributed by atoms with Gasteiger partial charge in [-0.25, -0.2) is 9.37 Å². The summed E-state index contributed by atoms with van der Waals surface area (Å²) in [6.07, 6.45) is 2.54. The molecule has 1 aromatic carbocycles. The second-order valence-electron chi connectivity index (χ2n) is 5.65. The van der Waals surface area contributed by atoms with Gasteiger partial charge in [0.05, 0.1) is 22.3 Å². The summed E-state index contributed by atoms with van der Waals surface area (Å²) < 4.78 is 19.0. The highest BCUT2D eigenvalue weighted by Crippen LogP contribution is 2.32. The number of carbonyl (C=O) groups is 1. The van der Waals surface area contributed by atoms with Gasteiger partial charge in [0, 0.05) is 5.69 Å². The number of benzene rings is 1. The molecule has 0 atom stereocenters. The lowest BCUT2D eigenvalue weighted by molar-refractivity contribution is 0.102. The van der Waals surface area contributed by atoms with Gasteiger partial charge in [-0.1, -0.05) is 17.3 Å². The molecule has 4 rings (SSSR count). The summed E-state index contributed by atoms with van der Waals surface area (Å²) in [4.78, 5) is 17.3. The fourth-order valence-electron chi connectivity index (χ4n) is 3.11. The molecule has 2 heterocycles. The van der Waals surface area contributed by atoms with E-state index in [9.17, 15) is 9.18 Å². The van der Waals surface area contributed by atoms with Gasteiger partial charge in [0.2, 0.25) is 0 Å². The molecule has 0 aliphatic heterocycles. The van der Waals surface area contributed by atoms with E-state index in [0.717, 1.165) is 30.5 Å². The van der Waals surface area contributed by atoms with Crippen LogP contribution in [0.3, 0.4) is 0 Å². The summed E-state index contributed by atoms with van der Waals surface area (Å²) in [5, 5.41) is 7.18. The summed E-state index contributed by atoms with van der Waals surface area (Å²) in [6, 6.07) is 6.10. The van der Waals surface area contributed by atoms with E-state index in [1.54, 1.807) is 19.1 Å². The number of hydrogen-bond donors (Lipinski definition) is 1. The zero-order valence-electron chi connectivity index (χ0n) is 12.5. The van der Waals surface area contributed by atoms with E-state index in [4.69, 9.17) is 4.52 Å². The topological polar surface area (TPSA) is 68.0 Å². The van der Waals surface area contributed by atoms with E-state index in [-0.39, 0.29) is 11.6 Å². The molecule has 1 amide bonds. The molecular weight excluding hydrogens is 297 g/mol. The number of aromatic nitrogens is 2. The summed E-state index contributed by atoms with van der Waals surface area (Å²) >= 11 is 0. The molecule has 5 nitrogen and oxygen atoms in total. The summed E-state index contributed by atoms with van der Waals surface area (Å²) in [5.74, 6) is -0.822. The molecule has 0 radical (unpaired) electrons. The van der Waals surface area contributed by atoms with Crippen LogP contribution in [0, 0.1) is 12.7 Å². The average molecular weight is 311 g/mol. The number of para-hydroxylation sites is 1. The number of amides is 1. The third-order valence-corrected chi connectivity index (χ3v) is 4.17. The molecule has 6 heteroatoms. The van der Waals surface area contributed by atoms with Gasteiger partial charge in [-0.2, -0.15) is 0 Å². The maximum atomic E-state index is 13.8. The Balaban J connectivity index is 1.86.